The summed E-state index contributed by atoms with van der Waals surface area (Å²) in [6.07, 6.45) is 1.96. The minimum Gasteiger partial charge on any atom is -0.493 e. The van der Waals surface area contributed by atoms with Gasteiger partial charge in [0.05, 0.1) is 19.8 Å². The molecule has 6 nitrogen and oxygen atoms in total. The Morgan fingerprint density at radius 1 is 1.12 bits per heavy atom. The van der Waals surface area contributed by atoms with Crippen LogP contribution in [0.15, 0.2) is 65.0 Å². The molecule has 1 unspecified atom stereocenters. The van der Waals surface area contributed by atoms with Gasteiger partial charge in [-0.2, -0.15) is 0 Å². The predicted octanol–water partition coefficient (Wildman–Crippen LogP) is 4.55. The zero-order chi connectivity index (χ0) is 23.5. The molecule has 0 fully saturated rings. The lowest BCUT2D eigenvalue weighted by Gasteiger charge is -2.34. The number of carbonyl (C=O) groups excluding carboxylic acids is 2. The number of ketones is 1. The summed E-state index contributed by atoms with van der Waals surface area (Å²) in [5.74, 6) is -0.428. The number of carbonyl (C=O) groups is 2. The molecule has 0 amide bonds. The van der Waals surface area contributed by atoms with E-state index in [-0.39, 0.29) is 18.2 Å². The number of Topliss-reactive ketones (excluding diaryl/α,β-unsaturated/α-hetero) is 1. The van der Waals surface area contributed by atoms with Crippen molar-refractivity contribution >= 4 is 11.8 Å². The molecule has 7 heteroatoms. The van der Waals surface area contributed by atoms with Crippen LogP contribution in [0.25, 0.3) is 0 Å². The third-order valence-corrected chi connectivity index (χ3v) is 5.99. The molecule has 1 heterocycles. The molecule has 33 heavy (non-hydrogen) atoms. The Hall–Kier alpha value is -3.61. The second kappa shape index (κ2) is 9.48. The number of ether oxygens (including phenoxy) is 3. The number of rotatable bonds is 6. The third-order valence-electron chi connectivity index (χ3n) is 5.99. The van der Waals surface area contributed by atoms with E-state index in [1.165, 1.54) is 26.4 Å². The highest BCUT2D eigenvalue weighted by atomic mass is 19.1. The van der Waals surface area contributed by atoms with Crippen molar-refractivity contribution in [2.24, 2.45) is 0 Å². The van der Waals surface area contributed by atoms with Gasteiger partial charge in [0.2, 0.25) is 0 Å². The van der Waals surface area contributed by atoms with Crippen LogP contribution in [0.3, 0.4) is 0 Å². The Bertz CT molecular complexity index is 1170. The molecule has 0 radical (unpaired) electrons. The summed E-state index contributed by atoms with van der Waals surface area (Å²) in [6.45, 7) is 1.98. The SMILES string of the molecule is COC(=O)C1=C(C)NC2=C(C(=O)CCC2)C1c1ccc(OCc2cccc(F)c2)c(OC)c1. The van der Waals surface area contributed by atoms with E-state index in [0.717, 1.165) is 24.1 Å². The fourth-order valence-corrected chi connectivity index (χ4v) is 4.47. The molecule has 2 aromatic rings. The van der Waals surface area contributed by atoms with Crippen molar-refractivity contribution in [2.45, 2.75) is 38.7 Å². The van der Waals surface area contributed by atoms with Crippen LogP contribution in [0.2, 0.25) is 0 Å². The molecule has 1 atom stereocenters. The van der Waals surface area contributed by atoms with Gasteiger partial charge in [-0.3, -0.25) is 4.79 Å². The first kappa shape index (κ1) is 22.6. The van der Waals surface area contributed by atoms with Gasteiger partial charge in [0.1, 0.15) is 12.4 Å². The van der Waals surface area contributed by atoms with Crippen molar-refractivity contribution in [3.63, 3.8) is 0 Å². The van der Waals surface area contributed by atoms with Crippen LogP contribution >= 0.6 is 0 Å². The maximum atomic E-state index is 13.5. The monoisotopic (exact) mass is 451 g/mol. The fourth-order valence-electron chi connectivity index (χ4n) is 4.47. The Kier molecular flexibility index (Phi) is 6.49. The van der Waals surface area contributed by atoms with Gasteiger partial charge in [-0.25, -0.2) is 9.18 Å². The molecule has 1 aliphatic carbocycles. The van der Waals surface area contributed by atoms with Crippen LogP contribution in [0.4, 0.5) is 4.39 Å². The van der Waals surface area contributed by atoms with Gasteiger partial charge >= 0.3 is 5.97 Å². The van der Waals surface area contributed by atoms with E-state index in [2.05, 4.69) is 5.32 Å². The molecule has 0 saturated carbocycles. The van der Waals surface area contributed by atoms with Gasteiger partial charge in [-0.15, -0.1) is 0 Å². The number of halogens is 1. The standard InChI is InChI=1S/C26H26FNO5/c1-15-23(26(30)32-3)24(25-19(28-15)8-5-9-20(25)29)17-10-11-21(22(13-17)31-2)33-14-16-6-4-7-18(27)12-16/h4,6-7,10-13,24,28H,5,8-9,14H2,1-3H3. The summed E-state index contributed by atoms with van der Waals surface area (Å²) < 4.78 is 29.9. The van der Waals surface area contributed by atoms with E-state index in [1.54, 1.807) is 24.3 Å². The Balaban J connectivity index is 1.72. The molecular formula is C26H26FNO5. The largest absolute Gasteiger partial charge is 0.493 e. The average Bonchev–Trinajstić information content (AvgIpc) is 2.81. The maximum Gasteiger partial charge on any atom is 0.336 e. The molecule has 0 saturated heterocycles. The van der Waals surface area contributed by atoms with E-state index >= 15 is 0 Å². The van der Waals surface area contributed by atoms with Crippen molar-refractivity contribution in [1.82, 2.24) is 5.32 Å². The second-order valence-corrected chi connectivity index (χ2v) is 8.09. The lowest BCUT2D eigenvalue weighted by Crippen LogP contribution is -2.34. The zero-order valence-corrected chi connectivity index (χ0v) is 18.9. The summed E-state index contributed by atoms with van der Waals surface area (Å²) in [7, 11) is 2.85. The number of hydrogen-bond donors (Lipinski definition) is 1. The second-order valence-electron chi connectivity index (χ2n) is 8.09. The summed E-state index contributed by atoms with van der Waals surface area (Å²) in [5.41, 5.74) is 3.95. The molecule has 1 N–H and O–H groups in total. The number of dihydropyridines is 1. The van der Waals surface area contributed by atoms with Crippen molar-refractivity contribution in [1.29, 1.82) is 0 Å². The quantitative estimate of drug-likeness (QED) is 0.650. The molecule has 0 aromatic heterocycles. The molecule has 172 valence electrons. The Morgan fingerprint density at radius 3 is 2.67 bits per heavy atom. The van der Waals surface area contributed by atoms with Crippen LogP contribution in [-0.2, 0) is 20.9 Å². The van der Waals surface area contributed by atoms with Crippen LogP contribution in [0, 0.1) is 5.82 Å². The van der Waals surface area contributed by atoms with Crippen LogP contribution in [-0.4, -0.2) is 26.0 Å². The molecule has 0 bridgehead atoms. The van der Waals surface area contributed by atoms with Gasteiger partial charge in [-0.1, -0.05) is 18.2 Å². The number of hydrogen-bond acceptors (Lipinski definition) is 6. The van der Waals surface area contributed by atoms with E-state index in [4.69, 9.17) is 14.2 Å². The predicted molar refractivity (Wildman–Crippen MR) is 120 cm³/mol. The van der Waals surface area contributed by atoms with E-state index < -0.39 is 11.9 Å². The van der Waals surface area contributed by atoms with E-state index in [1.807, 2.05) is 13.0 Å². The highest BCUT2D eigenvalue weighted by Crippen LogP contribution is 2.44. The highest BCUT2D eigenvalue weighted by molar-refractivity contribution is 6.03. The average molecular weight is 451 g/mol. The van der Waals surface area contributed by atoms with E-state index in [0.29, 0.717) is 40.3 Å². The third kappa shape index (κ3) is 4.49. The Labute approximate surface area is 192 Å². The van der Waals surface area contributed by atoms with Gasteiger partial charge in [0, 0.05) is 29.3 Å². The lowest BCUT2D eigenvalue weighted by molar-refractivity contribution is -0.136. The number of benzene rings is 2. The van der Waals surface area contributed by atoms with Crippen LogP contribution in [0.5, 0.6) is 11.5 Å². The van der Waals surface area contributed by atoms with Gasteiger partial charge < -0.3 is 19.5 Å². The van der Waals surface area contributed by atoms with Crippen LogP contribution < -0.4 is 14.8 Å². The lowest BCUT2D eigenvalue weighted by atomic mass is 9.75. The normalized spacial score (nSPS) is 17.9. The number of esters is 1. The molecule has 2 aliphatic rings. The fraction of sp³-hybridized carbons (Fsp3) is 0.308. The van der Waals surface area contributed by atoms with Crippen LogP contribution in [0.1, 0.15) is 43.2 Å². The summed E-state index contributed by atoms with van der Waals surface area (Å²) in [5, 5.41) is 3.25. The smallest absolute Gasteiger partial charge is 0.336 e. The summed E-state index contributed by atoms with van der Waals surface area (Å²) >= 11 is 0. The molecule has 2 aromatic carbocycles. The van der Waals surface area contributed by atoms with Crippen molar-refractivity contribution in [2.75, 3.05) is 14.2 Å². The highest BCUT2D eigenvalue weighted by Gasteiger charge is 2.39. The summed E-state index contributed by atoms with van der Waals surface area (Å²) in [6, 6.07) is 11.5. The first-order valence-corrected chi connectivity index (χ1v) is 10.8. The summed E-state index contributed by atoms with van der Waals surface area (Å²) in [4.78, 5) is 25.6. The van der Waals surface area contributed by atoms with E-state index in [9.17, 15) is 14.0 Å². The topological polar surface area (TPSA) is 73.9 Å². The Morgan fingerprint density at radius 2 is 1.94 bits per heavy atom. The zero-order valence-electron chi connectivity index (χ0n) is 18.9. The first-order valence-electron chi connectivity index (χ1n) is 10.8. The van der Waals surface area contributed by atoms with Gasteiger partial charge in [0.15, 0.2) is 17.3 Å². The van der Waals surface area contributed by atoms with Crippen molar-refractivity contribution in [3.8, 4) is 11.5 Å². The first-order chi connectivity index (χ1) is 15.9. The van der Waals surface area contributed by atoms with Crippen molar-refractivity contribution in [3.05, 3.63) is 81.9 Å². The van der Waals surface area contributed by atoms with Gasteiger partial charge in [0.25, 0.3) is 0 Å². The molecule has 4 rings (SSSR count). The molecule has 0 spiro atoms. The minimum absolute atomic E-state index is 0.0213. The minimum atomic E-state index is -0.562. The molecule has 1 aliphatic heterocycles. The number of allylic oxidation sites excluding steroid dienone is 3. The number of methoxy groups -OCH3 is 2. The maximum absolute atomic E-state index is 13.5. The molecular weight excluding hydrogens is 425 g/mol. The van der Waals surface area contributed by atoms with Crippen molar-refractivity contribution < 1.29 is 28.2 Å². The number of nitrogens with one attached hydrogen (secondary N) is 1. The van der Waals surface area contributed by atoms with Gasteiger partial charge in [-0.05, 0) is 55.2 Å².